The molecule has 2 atom stereocenters. The molecule has 0 amide bonds. The molecule has 1 aromatic carbocycles. The molecule has 150 valence electrons. The molecule has 0 spiro atoms. The zero-order valence-electron chi connectivity index (χ0n) is 17.3. The molecule has 3 rings (SSSR count). The second-order valence-corrected chi connectivity index (χ2v) is 8.58. The van der Waals surface area contributed by atoms with Crippen LogP contribution in [0.1, 0.15) is 44.7 Å². The number of nitrogens with zero attached hydrogens (tertiary/aromatic N) is 2. The van der Waals surface area contributed by atoms with Gasteiger partial charge in [-0.2, -0.15) is 0 Å². The summed E-state index contributed by atoms with van der Waals surface area (Å²) < 4.78 is 11.8. The van der Waals surface area contributed by atoms with Crippen LogP contribution in [0.3, 0.4) is 0 Å². The predicted molar refractivity (Wildman–Crippen MR) is 110 cm³/mol. The van der Waals surface area contributed by atoms with Crippen molar-refractivity contribution in [3.63, 3.8) is 0 Å². The molecule has 2 aliphatic rings. The van der Waals surface area contributed by atoms with E-state index in [9.17, 15) is 0 Å². The van der Waals surface area contributed by atoms with Crippen molar-refractivity contribution in [2.75, 3.05) is 39.9 Å². The molecular formula is C22H35N3O2. The Morgan fingerprint density at radius 2 is 1.89 bits per heavy atom. The first-order valence-electron chi connectivity index (χ1n) is 10.3. The predicted octanol–water partition coefficient (Wildman–Crippen LogP) is 2.98. The number of rotatable bonds is 4. The fourth-order valence-corrected chi connectivity index (χ4v) is 3.81. The van der Waals surface area contributed by atoms with Crippen molar-refractivity contribution >= 4 is 5.96 Å². The van der Waals surface area contributed by atoms with Crippen LogP contribution in [0.2, 0.25) is 0 Å². The fourth-order valence-electron chi connectivity index (χ4n) is 3.81. The molecule has 5 heteroatoms. The van der Waals surface area contributed by atoms with Gasteiger partial charge < -0.3 is 19.7 Å². The van der Waals surface area contributed by atoms with Crippen molar-refractivity contribution in [1.82, 2.24) is 10.2 Å². The van der Waals surface area contributed by atoms with E-state index in [4.69, 9.17) is 9.47 Å². The quantitative estimate of drug-likeness (QED) is 0.651. The molecule has 0 aliphatic carbocycles. The maximum atomic E-state index is 5.95. The first-order valence-corrected chi connectivity index (χ1v) is 10.3. The molecule has 1 N–H and O–H groups in total. The third-order valence-corrected chi connectivity index (χ3v) is 5.50. The van der Waals surface area contributed by atoms with Crippen molar-refractivity contribution in [3.8, 4) is 0 Å². The molecule has 0 radical (unpaired) electrons. The van der Waals surface area contributed by atoms with Gasteiger partial charge in [-0.25, -0.2) is 0 Å². The third kappa shape index (κ3) is 5.45. The Hall–Kier alpha value is -1.59. The van der Waals surface area contributed by atoms with E-state index >= 15 is 0 Å². The number of hydrogen-bond donors (Lipinski definition) is 1. The monoisotopic (exact) mass is 373 g/mol. The summed E-state index contributed by atoms with van der Waals surface area (Å²) in [6.45, 7) is 11.0. The largest absolute Gasteiger partial charge is 0.375 e. The molecule has 2 fully saturated rings. The summed E-state index contributed by atoms with van der Waals surface area (Å²) >= 11 is 0. The van der Waals surface area contributed by atoms with Crippen LogP contribution in [0.15, 0.2) is 29.3 Å². The average Bonchev–Trinajstić information content (AvgIpc) is 3.20. The molecule has 2 heterocycles. The average molecular weight is 374 g/mol. The summed E-state index contributed by atoms with van der Waals surface area (Å²) in [5.74, 6) is 0.965. The van der Waals surface area contributed by atoms with Gasteiger partial charge in [0.2, 0.25) is 0 Å². The van der Waals surface area contributed by atoms with Crippen molar-refractivity contribution in [2.45, 2.75) is 57.7 Å². The first-order chi connectivity index (χ1) is 13.0. The van der Waals surface area contributed by atoms with E-state index < -0.39 is 0 Å². The lowest BCUT2D eigenvalue weighted by Crippen LogP contribution is -2.53. The zero-order valence-corrected chi connectivity index (χ0v) is 17.3. The Morgan fingerprint density at radius 3 is 2.52 bits per heavy atom. The number of hydrogen-bond acceptors (Lipinski definition) is 3. The topological polar surface area (TPSA) is 46.1 Å². The molecule has 0 saturated carbocycles. The first kappa shape index (κ1) is 20.2. The number of benzene rings is 1. The van der Waals surface area contributed by atoms with Crippen LogP contribution in [-0.2, 0) is 21.3 Å². The molecule has 0 bridgehead atoms. The Bertz CT molecular complexity index is 615. The SMILES string of the molecule is CN=C(NCCc1ccc(C(C)(C)C)cc1)N1CCOC(C2CCCO2)C1. The van der Waals surface area contributed by atoms with E-state index in [2.05, 4.69) is 60.2 Å². The standard InChI is InChI=1S/C22H35N3O2/c1-22(2,3)18-9-7-17(8-10-18)11-12-24-21(23-4)25-13-15-27-20(16-25)19-6-5-14-26-19/h7-10,19-20H,5-6,11-16H2,1-4H3,(H,23,24). The van der Waals surface area contributed by atoms with Crippen molar-refractivity contribution in [2.24, 2.45) is 4.99 Å². The highest BCUT2D eigenvalue weighted by atomic mass is 16.5. The van der Waals surface area contributed by atoms with Gasteiger partial charge in [-0.1, -0.05) is 45.0 Å². The normalized spacial score (nSPS) is 24.3. The summed E-state index contributed by atoms with van der Waals surface area (Å²) in [6.07, 6.45) is 3.64. The number of guanidine groups is 1. The van der Waals surface area contributed by atoms with E-state index in [1.165, 1.54) is 11.1 Å². The minimum absolute atomic E-state index is 0.157. The third-order valence-electron chi connectivity index (χ3n) is 5.50. The molecule has 2 unspecified atom stereocenters. The van der Waals surface area contributed by atoms with Gasteiger partial charge in [0.05, 0.1) is 12.7 Å². The summed E-state index contributed by atoms with van der Waals surface area (Å²) in [7, 11) is 1.86. The Morgan fingerprint density at radius 1 is 1.15 bits per heavy atom. The molecule has 2 saturated heterocycles. The van der Waals surface area contributed by atoms with Crippen LogP contribution >= 0.6 is 0 Å². The number of nitrogens with one attached hydrogen (secondary N) is 1. The van der Waals surface area contributed by atoms with Crippen LogP contribution in [0.5, 0.6) is 0 Å². The lowest BCUT2D eigenvalue weighted by atomic mass is 9.86. The summed E-state index contributed by atoms with van der Waals surface area (Å²) in [6, 6.07) is 8.98. The van der Waals surface area contributed by atoms with Gasteiger partial charge in [-0.05, 0) is 35.8 Å². The van der Waals surface area contributed by atoms with Crippen LogP contribution < -0.4 is 5.32 Å². The molecular weight excluding hydrogens is 338 g/mol. The van der Waals surface area contributed by atoms with E-state index in [1.807, 2.05) is 7.05 Å². The maximum absolute atomic E-state index is 5.95. The highest BCUT2D eigenvalue weighted by Crippen LogP contribution is 2.22. The van der Waals surface area contributed by atoms with Crippen molar-refractivity contribution in [3.05, 3.63) is 35.4 Å². The van der Waals surface area contributed by atoms with Crippen molar-refractivity contribution in [1.29, 1.82) is 0 Å². The van der Waals surface area contributed by atoms with E-state index in [0.29, 0.717) is 0 Å². The summed E-state index contributed by atoms with van der Waals surface area (Å²) in [5.41, 5.74) is 2.93. The molecule has 27 heavy (non-hydrogen) atoms. The van der Waals surface area contributed by atoms with Gasteiger partial charge in [0.25, 0.3) is 0 Å². The van der Waals surface area contributed by atoms with Crippen LogP contribution in [0.4, 0.5) is 0 Å². The second-order valence-electron chi connectivity index (χ2n) is 8.58. The molecule has 0 aromatic heterocycles. The van der Waals surface area contributed by atoms with Gasteiger partial charge in [-0.15, -0.1) is 0 Å². The lowest BCUT2D eigenvalue weighted by Gasteiger charge is -2.37. The minimum Gasteiger partial charge on any atom is -0.375 e. The van der Waals surface area contributed by atoms with Gasteiger partial charge in [0, 0.05) is 33.3 Å². The highest BCUT2D eigenvalue weighted by molar-refractivity contribution is 5.80. The van der Waals surface area contributed by atoms with Crippen LogP contribution in [0, 0.1) is 0 Å². The maximum Gasteiger partial charge on any atom is 0.193 e. The Labute approximate surface area is 164 Å². The number of morpholine rings is 1. The fraction of sp³-hybridized carbons (Fsp3) is 0.682. The molecule has 5 nitrogen and oxygen atoms in total. The number of aliphatic imine (C=N–C) groups is 1. The van der Waals surface area contributed by atoms with Gasteiger partial charge in [0.15, 0.2) is 5.96 Å². The smallest absolute Gasteiger partial charge is 0.193 e. The van der Waals surface area contributed by atoms with E-state index in [0.717, 1.165) is 58.1 Å². The zero-order chi connectivity index (χ0) is 19.3. The van der Waals surface area contributed by atoms with Gasteiger partial charge in [0.1, 0.15) is 6.10 Å². The van der Waals surface area contributed by atoms with E-state index in [-0.39, 0.29) is 17.6 Å². The lowest BCUT2D eigenvalue weighted by molar-refractivity contribution is -0.0816. The van der Waals surface area contributed by atoms with Crippen LogP contribution in [0.25, 0.3) is 0 Å². The Balaban J connectivity index is 1.48. The summed E-state index contributed by atoms with van der Waals surface area (Å²) in [5, 5.41) is 3.52. The Kier molecular flexibility index (Phi) is 6.77. The minimum atomic E-state index is 0.157. The molecule has 1 aromatic rings. The summed E-state index contributed by atoms with van der Waals surface area (Å²) in [4.78, 5) is 6.79. The second kappa shape index (κ2) is 9.07. The van der Waals surface area contributed by atoms with E-state index in [1.54, 1.807) is 0 Å². The highest BCUT2D eigenvalue weighted by Gasteiger charge is 2.32. The van der Waals surface area contributed by atoms with Crippen LogP contribution in [-0.4, -0.2) is 63.0 Å². The number of ether oxygens (including phenoxy) is 2. The van der Waals surface area contributed by atoms with Gasteiger partial charge >= 0.3 is 0 Å². The van der Waals surface area contributed by atoms with Crippen molar-refractivity contribution < 1.29 is 9.47 Å². The van der Waals surface area contributed by atoms with Gasteiger partial charge in [-0.3, -0.25) is 4.99 Å². The molecule has 2 aliphatic heterocycles.